The Labute approximate surface area is 107 Å². The monoisotopic (exact) mass is 252 g/mol. The molecule has 0 bridgehead atoms. The molecule has 0 saturated heterocycles. The number of oxime groups is 1. The lowest BCUT2D eigenvalue weighted by Crippen LogP contribution is -2.11. The van der Waals surface area contributed by atoms with Gasteiger partial charge in [-0.3, -0.25) is 0 Å². The number of hydrogen-bond acceptors (Lipinski definition) is 4. The second-order valence-electron chi connectivity index (χ2n) is 3.98. The van der Waals surface area contributed by atoms with E-state index in [1.165, 1.54) is 0 Å². The van der Waals surface area contributed by atoms with Gasteiger partial charge in [-0.25, -0.2) is 0 Å². The Morgan fingerprint density at radius 2 is 2.22 bits per heavy atom. The van der Waals surface area contributed by atoms with Crippen molar-refractivity contribution in [2.75, 3.05) is 13.7 Å². The molecule has 0 unspecified atom stereocenters. The van der Waals surface area contributed by atoms with Crippen LogP contribution in [-0.4, -0.2) is 24.8 Å². The number of unbranched alkanes of at least 4 members (excludes halogenated alkanes) is 1. The Bertz CT molecular complexity index is 380. The van der Waals surface area contributed by atoms with Gasteiger partial charge in [0, 0.05) is 13.5 Å². The van der Waals surface area contributed by atoms with Crippen LogP contribution in [0.1, 0.15) is 24.8 Å². The van der Waals surface area contributed by atoms with Gasteiger partial charge in [-0.15, -0.1) is 0 Å². The smallest absolute Gasteiger partial charge is 0.139 e. The minimum absolute atomic E-state index is 0.261. The number of nitrogens with zero attached hydrogens (tertiary/aromatic N) is 1. The molecule has 0 spiro atoms. The number of rotatable bonds is 8. The fourth-order valence-electron chi connectivity index (χ4n) is 1.54. The summed E-state index contributed by atoms with van der Waals surface area (Å²) in [6.07, 6.45) is 2.29. The summed E-state index contributed by atoms with van der Waals surface area (Å²) >= 11 is 0. The SMILES string of the molecule is COCc1cccc(OCCCCC(N)=NO)c1. The van der Waals surface area contributed by atoms with E-state index in [1.807, 2.05) is 24.3 Å². The molecule has 0 radical (unpaired) electrons. The third kappa shape index (κ3) is 5.54. The van der Waals surface area contributed by atoms with Gasteiger partial charge in [0.15, 0.2) is 0 Å². The van der Waals surface area contributed by atoms with Gasteiger partial charge in [-0.05, 0) is 30.5 Å². The van der Waals surface area contributed by atoms with Crippen molar-refractivity contribution in [3.05, 3.63) is 29.8 Å². The number of hydrogen-bond donors (Lipinski definition) is 2. The molecule has 0 aliphatic heterocycles. The van der Waals surface area contributed by atoms with Crippen LogP contribution < -0.4 is 10.5 Å². The molecule has 100 valence electrons. The van der Waals surface area contributed by atoms with Gasteiger partial charge in [0.1, 0.15) is 11.6 Å². The first kappa shape index (κ1) is 14.3. The van der Waals surface area contributed by atoms with Crippen molar-refractivity contribution in [1.29, 1.82) is 0 Å². The van der Waals surface area contributed by atoms with E-state index >= 15 is 0 Å². The summed E-state index contributed by atoms with van der Waals surface area (Å²) in [4.78, 5) is 0. The minimum atomic E-state index is 0.261. The molecule has 0 aromatic heterocycles. The highest BCUT2D eigenvalue weighted by molar-refractivity contribution is 5.79. The zero-order chi connectivity index (χ0) is 13.2. The van der Waals surface area contributed by atoms with E-state index in [-0.39, 0.29) is 5.84 Å². The van der Waals surface area contributed by atoms with Crippen LogP contribution in [-0.2, 0) is 11.3 Å². The number of benzene rings is 1. The third-order valence-electron chi connectivity index (χ3n) is 2.43. The molecule has 0 fully saturated rings. The van der Waals surface area contributed by atoms with Crippen molar-refractivity contribution in [1.82, 2.24) is 0 Å². The predicted octanol–water partition coefficient (Wildman–Crippen LogP) is 2.13. The standard InChI is InChI=1S/C13H20N2O3/c1-17-10-11-5-4-6-12(9-11)18-8-3-2-7-13(14)15-16/h4-6,9,16H,2-3,7-8,10H2,1H3,(H2,14,15). The summed E-state index contributed by atoms with van der Waals surface area (Å²) in [6.45, 7) is 1.20. The van der Waals surface area contributed by atoms with Crippen molar-refractivity contribution in [2.45, 2.75) is 25.9 Å². The molecular weight excluding hydrogens is 232 g/mol. The maximum Gasteiger partial charge on any atom is 0.139 e. The zero-order valence-corrected chi connectivity index (χ0v) is 10.6. The summed E-state index contributed by atoms with van der Waals surface area (Å²) in [5, 5.41) is 11.3. The minimum Gasteiger partial charge on any atom is -0.494 e. The number of nitrogens with two attached hydrogens (primary N) is 1. The van der Waals surface area contributed by atoms with Crippen molar-refractivity contribution in [2.24, 2.45) is 10.9 Å². The molecule has 1 aromatic carbocycles. The van der Waals surface area contributed by atoms with E-state index in [2.05, 4.69) is 5.16 Å². The Morgan fingerprint density at radius 1 is 1.39 bits per heavy atom. The fourth-order valence-corrected chi connectivity index (χ4v) is 1.54. The molecular formula is C13H20N2O3. The quantitative estimate of drug-likeness (QED) is 0.244. The average molecular weight is 252 g/mol. The van der Waals surface area contributed by atoms with Crippen molar-refractivity contribution < 1.29 is 14.7 Å². The van der Waals surface area contributed by atoms with Crippen molar-refractivity contribution in [3.63, 3.8) is 0 Å². The van der Waals surface area contributed by atoms with E-state index in [1.54, 1.807) is 7.11 Å². The van der Waals surface area contributed by atoms with E-state index in [0.29, 0.717) is 19.6 Å². The molecule has 1 aromatic rings. The Balaban J connectivity index is 2.24. The average Bonchev–Trinajstić information content (AvgIpc) is 2.39. The molecule has 1 rings (SSSR count). The molecule has 0 aliphatic rings. The van der Waals surface area contributed by atoms with Crippen LogP contribution in [0.3, 0.4) is 0 Å². The van der Waals surface area contributed by atoms with Crippen molar-refractivity contribution in [3.8, 4) is 5.75 Å². The van der Waals surface area contributed by atoms with Crippen LogP contribution in [0.15, 0.2) is 29.4 Å². The van der Waals surface area contributed by atoms with Gasteiger partial charge in [0.25, 0.3) is 0 Å². The summed E-state index contributed by atoms with van der Waals surface area (Å²) in [7, 11) is 1.67. The summed E-state index contributed by atoms with van der Waals surface area (Å²) in [6, 6.07) is 7.82. The van der Waals surface area contributed by atoms with Crippen LogP contribution >= 0.6 is 0 Å². The van der Waals surface area contributed by atoms with E-state index in [0.717, 1.165) is 24.2 Å². The first-order chi connectivity index (χ1) is 8.76. The van der Waals surface area contributed by atoms with E-state index in [9.17, 15) is 0 Å². The molecule has 0 saturated carbocycles. The first-order valence-corrected chi connectivity index (χ1v) is 5.93. The second kappa shape index (κ2) is 8.36. The lowest BCUT2D eigenvalue weighted by molar-refractivity contribution is 0.184. The lowest BCUT2D eigenvalue weighted by Gasteiger charge is -2.07. The third-order valence-corrected chi connectivity index (χ3v) is 2.43. The van der Waals surface area contributed by atoms with Gasteiger partial charge in [-0.2, -0.15) is 0 Å². The fraction of sp³-hybridized carbons (Fsp3) is 0.462. The largest absolute Gasteiger partial charge is 0.494 e. The summed E-state index contributed by atoms with van der Waals surface area (Å²) < 4.78 is 10.7. The lowest BCUT2D eigenvalue weighted by atomic mass is 10.2. The molecule has 5 heteroatoms. The molecule has 5 nitrogen and oxygen atoms in total. The van der Waals surface area contributed by atoms with Gasteiger partial charge in [-0.1, -0.05) is 17.3 Å². The summed E-state index contributed by atoms with van der Waals surface area (Å²) in [5.41, 5.74) is 6.45. The molecule has 0 atom stereocenters. The Hall–Kier alpha value is -1.75. The molecule has 3 N–H and O–H groups in total. The summed E-state index contributed by atoms with van der Waals surface area (Å²) in [5.74, 6) is 1.10. The first-order valence-electron chi connectivity index (χ1n) is 5.93. The highest BCUT2D eigenvalue weighted by Gasteiger charge is 1.98. The zero-order valence-electron chi connectivity index (χ0n) is 10.6. The highest BCUT2D eigenvalue weighted by atomic mass is 16.5. The van der Waals surface area contributed by atoms with Crippen LogP contribution in [0, 0.1) is 0 Å². The highest BCUT2D eigenvalue weighted by Crippen LogP contribution is 2.14. The van der Waals surface area contributed by atoms with Crippen LogP contribution in [0.2, 0.25) is 0 Å². The maximum absolute atomic E-state index is 8.37. The van der Waals surface area contributed by atoms with Gasteiger partial charge < -0.3 is 20.4 Å². The number of methoxy groups -OCH3 is 1. The number of ether oxygens (including phenoxy) is 2. The molecule has 0 aliphatic carbocycles. The van der Waals surface area contributed by atoms with Crippen molar-refractivity contribution >= 4 is 5.84 Å². The normalized spacial score (nSPS) is 11.5. The molecule has 18 heavy (non-hydrogen) atoms. The maximum atomic E-state index is 8.37. The Kier molecular flexibility index (Phi) is 6.64. The predicted molar refractivity (Wildman–Crippen MR) is 69.9 cm³/mol. The van der Waals surface area contributed by atoms with Crippen LogP contribution in [0.4, 0.5) is 0 Å². The van der Waals surface area contributed by atoms with Gasteiger partial charge in [0.2, 0.25) is 0 Å². The second-order valence-corrected chi connectivity index (χ2v) is 3.98. The van der Waals surface area contributed by atoms with E-state index < -0.39 is 0 Å². The van der Waals surface area contributed by atoms with Gasteiger partial charge >= 0.3 is 0 Å². The topological polar surface area (TPSA) is 77.1 Å². The Morgan fingerprint density at radius 3 is 2.94 bits per heavy atom. The van der Waals surface area contributed by atoms with Crippen LogP contribution in [0.5, 0.6) is 5.75 Å². The van der Waals surface area contributed by atoms with Crippen LogP contribution in [0.25, 0.3) is 0 Å². The number of amidine groups is 1. The molecule has 0 amide bonds. The van der Waals surface area contributed by atoms with E-state index in [4.69, 9.17) is 20.4 Å². The van der Waals surface area contributed by atoms with Gasteiger partial charge in [0.05, 0.1) is 13.2 Å². The molecule has 0 heterocycles.